The second-order valence-corrected chi connectivity index (χ2v) is 14.9. The van der Waals surface area contributed by atoms with Gasteiger partial charge in [0.2, 0.25) is 0 Å². The highest BCUT2D eigenvalue weighted by Gasteiger charge is 2.48. The Labute approximate surface area is 253 Å². The zero-order valence-electron chi connectivity index (χ0n) is 25.2. The van der Waals surface area contributed by atoms with Crippen LogP contribution in [-0.2, 0) is 0 Å². The minimum Gasteiger partial charge on any atom is -0.341 e. The lowest BCUT2D eigenvalue weighted by Crippen LogP contribution is -2.45. The third kappa shape index (κ3) is 6.75. The summed E-state index contributed by atoms with van der Waals surface area (Å²) in [5, 5.41) is 0. The summed E-state index contributed by atoms with van der Waals surface area (Å²) in [7, 11) is 0. The first-order valence-electron chi connectivity index (χ1n) is 15.4. The number of allylic oxidation sites excluding steroid dienone is 7. The molecule has 3 unspecified atom stereocenters. The number of unbranched alkanes of at least 4 members (excludes halogenated alkanes) is 1. The van der Waals surface area contributed by atoms with Crippen LogP contribution in [0.5, 0.6) is 0 Å². The number of thiol groups is 1. The number of hydrogen-bond acceptors (Lipinski definition) is 3. The second kappa shape index (κ2) is 14.3. The zero-order valence-corrected chi connectivity index (χ0v) is 27.7. The normalized spacial score (nSPS) is 29.9. The van der Waals surface area contributed by atoms with E-state index in [0.717, 1.165) is 17.7 Å². The molecular formula is C35H51NS3. The molecule has 7 atom stereocenters. The van der Waals surface area contributed by atoms with E-state index in [9.17, 15) is 0 Å². The van der Waals surface area contributed by atoms with Crippen molar-refractivity contribution in [2.45, 2.75) is 96.9 Å². The molecule has 1 aromatic rings. The molecule has 2 aliphatic heterocycles. The predicted molar refractivity (Wildman–Crippen MR) is 181 cm³/mol. The SMILES string of the molecule is C=C1C=C(C2C=CC3[C@H](C2[C@@H](C)CC)[C@@H](C)c2cc(S)c(/C=C/C)n2[C@@H]3C)CCC=C(CCSCCCC)S1. The van der Waals surface area contributed by atoms with Crippen LogP contribution < -0.4 is 0 Å². The molecule has 214 valence electrons. The largest absolute Gasteiger partial charge is 0.341 e. The van der Waals surface area contributed by atoms with Crippen molar-refractivity contribution in [1.29, 1.82) is 0 Å². The van der Waals surface area contributed by atoms with E-state index >= 15 is 0 Å². The highest BCUT2D eigenvalue weighted by atomic mass is 32.2. The number of hydrogen-bond donors (Lipinski definition) is 1. The van der Waals surface area contributed by atoms with Gasteiger partial charge in [-0.15, -0.1) is 12.6 Å². The number of aromatic nitrogens is 1. The molecule has 0 bridgehead atoms. The lowest BCUT2D eigenvalue weighted by atomic mass is 9.56. The zero-order chi connectivity index (χ0) is 28.1. The van der Waals surface area contributed by atoms with Crippen molar-refractivity contribution in [2.24, 2.45) is 29.6 Å². The molecule has 4 heteroatoms. The summed E-state index contributed by atoms with van der Waals surface area (Å²) in [6.45, 7) is 18.7. The van der Waals surface area contributed by atoms with Crippen molar-refractivity contribution in [1.82, 2.24) is 4.57 Å². The Morgan fingerprint density at radius 3 is 2.74 bits per heavy atom. The highest BCUT2D eigenvalue weighted by Crippen LogP contribution is 2.56. The molecule has 0 saturated heterocycles. The van der Waals surface area contributed by atoms with Crippen molar-refractivity contribution in [3.63, 3.8) is 0 Å². The molecule has 0 aromatic carbocycles. The summed E-state index contributed by atoms with van der Waals surface area (Å²) in [6.07, 6.45) is 21.9. The van der Waals surface area contributed by atoms with Gasteiger partial charge in [-0.1, -0.05) is 88.8 Å². The molecule has 0 amide bonds. The summed E-state index contributed by atoms with van der Waals surface area (Å²) in [5.41, 5.74) is 4.34. The molecule has 0 fully saturated rings. The van der Waals surface area contributed by atoms with Gasteiger partial charge in [-0.3, -0.25) is 0 Å². The molecule has 0 saturated carbocycles. The summed E-state index contributed by atoms with van der Waals surface area (Å²) in [6, 6.07) is 2.80. The van der Waals surface area contributed by atoms with E-state index in [1.807, 2.05) is 11.8 Å². The quantitative estimate of drug-likeness (QED) is 0.166. The maximum Gasteiger partial charge on any atom is 0.0543 e. The molecule has 0 spiro atoms. The predicted octanol–water partition coefficient (Wildman–Crippen LogP) is 11.3. The molecule has 0 N–H and O–H groups in total. The fraction of sp³-hybridized carbons (Fsp3) is 0.600. The van der Waals surface area contributed by atoms with Gasteiger partial charge >= 0.3 is 0 Å². The van der Waals surface area contributed by atoms with Gasteiger partial charge in [-0.25, -0.2) is 0 Å². The summed E-state index contributed by atoms with van der Waals surface area (Å²) in [5.74, 6) is 6.03. The molecule has 1 aromatic heterocycles. The van der Waals surface area contributed by atoms with Crippen LogP contribution in [0.25, 0.3) is 6.08 Å². The van der Waals surface area contributed by atoms with Crippen LogP contribution in [0, 0.1) is 29.6 Å². The Morgan fingerprint density at radius 2 is 2.03 bits per heavy atom. The number of fused-ring (bicyclic) bond motifs is 2. The first-order valence-corrected chi connectivity index (χ1v) is 17.8. The van der Waals surface area contributed by atoms with Crippen molar-refractivity contribution >= 4 is 42.2 Å². The van der Waals surface area contributed by atoms with Crippen molar-refractivity contribution in [3.8, 4) is 0 Å². The molecule has 0 radical (unpaired) electrons. The van der Waals surface area contributed by atoms with Crippen molar-refractivity contribution in [3.05, 3.63) is 69.8 Å². The lowest BCUT2D eigenvalue weighted by Gasteiger charge is -2.51. The maximum atomic E-state index is 4.91. The highest BCUT2D eigenvalue weighted by molar-refractivity contribution is 8.07. The average Bonchev–Trinajstić information content (AvgIpc) is 3.24. The number of rotatable bonds is 10. The Bertz CT molecular complexity index is 1120. The molecule has 1 nitrogen and oxygen atoms in total. The molecule has 4 rings (SSSR count). The Kier molecular flexibility index (Phi) is 11.3. The fourth-order valence-electron chi connectivity index (χ4n) is 7.43. The van der Waals surface area contributed by atoms with Gasteiger partial charge in [0.05, 0.1) is 5.69 Å². The Balaban J connectivity index is 1.59. The van der Waals surface area contributed by atoms with Crippen LogP contribution in [0.3, 0.4) is 0 Å². The minimum atomic E-state index is 0.439. The average molecular weight is 582 g/mol. The molecule has 1 aliphatic carbocycles. The van der Waals surface area contributed by atoms with Crippen LogP contribution in [0.15, 0.2) is 63.3 Å². The second-order valence-electron chi connectivity index (χ2n) is 12.0. The third-order valence-electron chi connectivity index (χ3n) is 9.54. The van der Waals surface area contributed by atoms with E-state index in [-0.39, 0.29) is 0 Å². The summed E-state index contributed by atoms with van der Waals surface area (Å²) >= 11 is 8.94. The van der Waals surface area contributed by atoms with E-state index in [0.29, 0.717) is 41.5 Å². The van der Waals surface area contributed by atoms with E-state index in [1.54, 1.807) is 5.57 Å². The number of nitrogens with zero attached hydrogens (tertiary/aromatic N) is 1. The van der Waals surface area contributed by atoms with Crippen LogP contribution in [0.1, 0.15) is 103 Å². The Morgan fingerprint density at radius 1 is 1.23 bits per heavy atom. The molecule has 3 aliphatic rings. The smallest absolute Gasteiger partial charge is 0.0543 e. The monoisotopic (exact) mass is 581 g/mol. The van der Waals surface area contributed by atoms with E-state index in [1.165, 1.54) is 58.4 Å². The topological polar surface area (TPSA) is 4.93 Å². The van der Waals surface area contributed by atoms with Crippen LogP contribution in [-0.4, -0.2) is 16.1 Å². The molecular weight excluding hydrogens is 531 g/mol. The standard InChI is InChI=1S/C35H51NS3/c1-8-11-19-38-20-18-28-15-12-14-27(21-24(5)39-28)30-17-16-29-26(7)36-31(13-9-2)33(37)22-32(36)25(6)35(29)34(30)23(4)10-3/h9,13,15-17,21-23,25-26,29-30,34-35,37H,5,8,10-12,14,18-20H2,1-4,6-7H3/b13-9+,27-21?,28-15?/t23-,25-,26+,29?,30?,34?,35+/m0/s1. The van der Waals surface area contributed by atoms with Crippen LogP contribution >= 0.6 is 36.2 Å². The van der Waals surface area contributed by atoms with E-state index in [2.05, 4.69) is 107 Å². The Hall–Kier alpha value is -0.970. The van der Waals surface area contributed by atoms with Crippen LogP contribution in [0.4, 0.5) is 0 Å². The van der Waals surface area contributed by atoms with Gasteiger partial charge in [0.15, 0.2) is 0 Å². The lowest BCUT2D eigenvalue weighted by molar-refractivity contribution is 0.0750. The minimum absolute atomic E-state index is 0.439. The van der Waals surface area contributed by atoms with E-state index in [4.69, 9.17) is 12.6 Å². The van der Waals surface area contributed by atoms with E-state index < -0.39 is 0 Å². The third-order valence-corrected chi connectivity index (χ3v) is 12.0. The van der Waals surface area contributed by atoms with Gasteiger partial charge in [0, 0.05) is 39.3 Å². The number of thioether (sulfide) groups is 2. The van der Waals surface area contributed by atoms with Gasteiger partial charge in [-0.2, -0.15) is 11.8 Å². The molecule has 39 heavy (non-hydrogen) atoms. The fourth-order valence-corrected chi connectivity index (χ4v) is 9.88. The van der Waals surface area contributed by atoms with Gasteiger partial charge in [0.1, 0.15) is 0 Å². The first kappa shape index (κ1) is 31.0. The maximum absolute atomic E-state index is 4.91. The van der Waals surface area contributed by atoms with Gasteiger partial charge < -0.3 is 4.57 Å². The van der Waals surface area contributed by atoms with Gasteiger partial charge in [0.25, 0.3) is 0 Å². The summed E-state index contributed by atoms with van der Waals surface area (Å²) < 4.78 is 2.59. The van der Waals surface area contributed by atoms with Crippen LogP contribution in [0.2, 0.25) is 0 Å². The van der Waals surface area contributed by atoms with Gasteiger partial charge in [-0.05, 0) is 91.9 Å². The van der Waals surface area contributed by atoms with Crippen molar-refractivity contribution < 1.29 is 0 Å². The summed E-state index contributed by atoms with van der Waals surface area (Å²) in [4.78, 5) is 3.86. The van der Waals surface area contributed by atoms with Crippen molar-refractivity contribution in [2.75, 3.05) is 11.5 Å². The molecule has 3 heterocycles. The first-order chi connectivity index (χ1) is 18.8.